The van der Waals surface area contributed by atoms with E-state index in [1.54, 1.807) is 7.11 Å². The van der Waals surface area contributed by atoms with Crippen molar-refractivity contribution < 1.29 is 9.53 Å². The smallest absolute Gasteiger partial charge is 0.257 e. The number of carbonyl (C=O) groups excluding carboxylic acids is 1. The summed E-state index contributed by atoms with van der Waals surface area (Å²) in [6, 6.07) is 13.8. The van der Waals surface area contributed by atoms with E-state index in [4.69, 9.17) is 4.74 Å². The second-order valence-corrected chi connectivity index (χ2v) is 6.22. The van der Waals surface area contributed by atoms with E-state index in [1.165, 1.54) is 16.8 Å². The van der Waals surface area contributed by atoms with Gasteiger partial charge in [-0.1, -0.05) is 30.3 Å². The molecule has 1 amide bonds. The Balaban J connectivity index is 1.72. The zero-order valence-corrected chi connectivity index (χ0v) is 14.6. The van der Waals surface area contributed by atoms with Gasteiger partial charge in [-0.2, -0.15) is 0 Å². The van der Waals surface area contributed by atoms with Crippen molar-refractivity contribution in [2.24, 2.45) is 0 Å². The summed E-state index contributed by atoms with van der Waals surface area (Å²) in [5.74, 6) is 0.688. The molecule has 0 aliphatic carbocycles. The van der Waals surface area contributed by atoms with Gasteiger partial charge >= 0.3 is 0 Å². The number of hydrogen-bond donors (Lipinski definition) is 0. The van der Waals surface area contributed by atoms with E-state index in [2.05, 4.69) is 36.9 Å². The van der Waals surface area contributed by atoms with Gasteiger partial charge in [0.1, 0.15) is 5.75 Å². The van der Waals surface area contributed by atoms with Crippen molar-refractivity contribution in [1.82, 2.24) is 4.90 Å². The highest BCUT2D eigenvalue weighted by Crippen LogP contribution is 2.26. The van der Waals surface area contributed by atoms with Gasteiger partial charge in [-0.15, -0.1) is 0 Å². The van der Waals surface area contributed by atoms with Crippen LogP contribution in [-0.4, -0.2) is 44.1 Å². The van der Waals surface area contributed by atoms with Crippen molar-refractivity contribution in [1.29, 1.82) is 0 Å². The Kier molecular flexibility index (Phi) is 4.74. The van der Waals surface area contributed by atoms with Crippen LogP contribution in [0.1, 0.15) is 21.5 Å². The van der Waals surface area contributed by atoms with Crippen LogP contribution in [0.5, 0.6) is 5.75 Å². The number of para-hydroxylation sites is 2. The number of carbonyl (C=O) groups is 1. The Hall–Kier alpha value is -2.49. The quantitative estimate of drug-likeness (QED) is 0.869. The number of ether oxygens (including phenoxy) is 1. The van der Waals surface area contributed by atoms with Crippen molar-refractivity contribution in [3.8, 4) is 5.75 Å². The molecule has 1 saturated heterocycles. The number of rotatable bonds is 3. The summed E-state index contributed by atoms with van der Waals surface area (Å²) in [6.07, 6.45) is 0. The van der Waals surface area contributed by atoms with Crippen LogP contribution in [0.15, 0.2) is 42.5 Å². The number of methoxy groups -OCH3 is 1. The van der Waals surface area contributed by atoms with Gasteiger partial charge in [0.15, 0.2) is 0 Å². The van der Waals surface area contributed by atoms with Crippen molar-refractivity contribution in [2.45, 2.75) is 13.8 Å². The SMILES string of the molecule is COc1ccccc1C(=O)N1CCN(c2c(C)cccc2C)CC1. The number of amides is 1. The van der Waals surface area contributed by atoms with Gasteiger partial charge < -0.3 is 14.5 Å². The average Bonchev–Trinajstić information content (AvgIpc) is 2.61. The molecule has 3 rings (SSSR count). The first-order valence-corrected chi connectivity index (χ1v) is 8.35. The largest absolute Gasteiger partial charge is 0.496 e. The Morgan fingerprint density at radius 1 is 0.917 bits per heavy atom. The first-order valence-electron chi connectivity index (χ1n) is 8.35. The van der Waals surface area contributed by atoms with Gasteiger partial charge in [0.2, 0.25) is 0 Å². The Morgan fingerprint density at radius 2 is 1.54 bits per heavy atom. The molecule has 0 spiro atoms. The molecule has 24 heavy (non-hydrogen) atoms. The third-order valence-corrected chi connectivity index (χ3v) is 4.66. The van der Waals surface area contributed by atoms with Crippen molar-refractivity contribution in [3.63, 3.8) is 0 Å². The standard InChI is InChI=1S/C20H24N2O2/c1-15-7-6-8-16(2)19(15)21-11-13-22(14-12-21)20(23)17-9-4-5-10-18(17)24-3/h4-10H,11-14H2,1-3H3. The molecule has 0 saturated carbocycles. The van der Waals surface area contributed by atoms with Gasteiger partial charge in [-0.25, -0.2) is 0 Å². The van der Waals surface area contributed by atoms with Gasteiger partial charge in [-0.3, -0.25) is 4.79 Å². The summed E-state index contributed by atoms with van der Waals surface area (Å²) < 4.78 is 5.32. The Bertz CT molecular complexity index is 714. The summed E-state index contributed by atoms with van der Waals surface area (Å²) in [5, 5.41) is 0. The summed E-state index contributed by atoms with van der Waals surface area (Å²) >= 11 is 0. The first-order chi connectivity index (χ1) is 11.6. The molecular weight excluding hydrogens is 300 g/mol. The molecule has 1 heterocycles. The third kappa shape index (κ3) is 3.09. The van der Waals surface area contributed by atoms with Gasteiger partial charge in [0.05, 0.1) is 12.7 Å². The molecule has 1 fully saturated rings. The van der Waals surface area contributed by atoms with Gasteiger partial charge in [0.25, 0.3) is 5.91 Å². The number of hydrogen-bond acceptors (Lipinski definition) is 3. The van der Waals surface area contributed by atoms with Crippen LogP contribution in [-0.2, 0) is 0 Å². The fraction of sp³-hybridized carbons (Fsp3) is 0.350. The predicted octanol–water partition coefficient (Wildman–Crippen LogP) is 3.27. The molecule has 1 aliphatic rings. The number of anilines is 1. The zero-order valence-electron chi connectivity index (χ0n) is 14.6. The second kappa shape index (κ2) is 6.95. The summed E-state index contributed by atoms with van der Waals surface area (Å²) in [5.41, 5.74) is 4.53. The fourth-order valence-electron chi connectivity index (χ4n) is 3.43. The van der Waals surface area contributed by atoms with E-state index in [-0.39, 0.29) is 5.91 Å². The summed E-state index contributed by atoms with van der Waals surface area (Å²) in [6.45, 7) is 7.46. The highest BCUT2D eigenvalue weighted by molar-refractivity contribution is 5.97. The zero-order chi connectivity index (χ0) is 17.1. The monoisotopic (exact) mass is 324 g/mol. The topological polar surface area (TPSA) is 32.8 Å². The summed E-state index contributed by atoms with van der Waals surface area (Å²) in [4.78, 5) is 17.1. The highest BCUT2D eigenvalue weighted by Gasteiger charge is 2.25. The first kappa shape index (κ1) is 16.4. The maximum atomic E-state index is 12.8. The van der Waals surface area contributed by atoms with Crippen LogP contribution in [0.4, 0.5) is 5.69 Å². The predicted molar refractivity (Wildman–Crippen MR) is 97.0 cm³/mol. The minimum absolute atomic E-state index is 0.0496. The maximum Gasteiger partial charge on any atom is 0.257 e. The second-order valence-electron chi connectivity index (χ2n) is 6.22. The van der Waals surface area contributed by atoms with Crippen molar-refractivity contribution in [2.75, 3.05) is 38.2 Å². The molecule has 0 aromatic heterocycles. The van der Waals surface area contributed by atoms with E-state index < -0.39 is 0 Å². The number of nitrogens with zero attached hydrogens (tertiary/aromatic N) is 2. The molecule has 126 valence electrons. The lowest BCUT2D eigenvalue weighted by molar-refractivity contribution is 0.0743. The highest BCUT2D eigenvalue weighted by atomic mass is 16.5. The van der Waals surface area contributed by atoms with E-state index in [9.17, 15) is 4.79 Å². The van der Waals surface area contributed by atoms with E-state index in [0.29, 0.717) is 11.3 Å². The summed E-state index contributed by atoms with van der Waals surface area (Å²) in [7, 11) is 1.60. The molecule has 0 N–H and O–H groups in total. The normalized spacial score (nSPS) is 14.6. The van der Waals surface area contributed by atoms with E-state index in [0.717, 1.165) is 26.2 Å². The molecule has 0 bridgehead atoms. The molecule has 4 nitrogen and oxygen atoms in total. The van der Waals surface area contributed by atoms with Crippen LogP contribution in [0.3, 0.4) is 0 Å². The van der Waals surface area contributed by atoms with Crippen LogP contribution in [0, 0.1) is 13.8 Å². The lowest BCUT2D eigenvalue weighted by Gasteiger charge is -2.37. The molecular formula is C20H24N2O2. The molecule has 0 atom stereocenters. The van der Waals surface area contributed by atoms with Crippen LogP contribution in [0.25, 0.3) is 0 Å². The van der Waals surface area contributed by atoms with Crippen molar-refractivity contribution in [3.05, 3.63) is 59.2 Å². The maximum absolute atomic E-state index is 12.8. The average molecular weight is 324 g/mol. The van der Waals surface area contributed by atoms with Gasteiger partial charge in [-0.05, 0) is 37.1 Å². The van der Waals surface area contributed by atoms with E-state index in [1.807, 2.05) is 29.2 Å². The molecule has 2 aromatic carbocycles. The lowest BCUT2D eigenvalue weighted by Crippen LogP contribution is -2.49. The fourth-order valence-corrected chi connectivity index (χ4v) is 3.43. The molecule has 0 radical (unpaired) electrons. The van der Waals surface area contributed by atoms with Crippen LogP contribution < -0.4 is 9.64 Å². The molecule has 4 heteroatoms. The van der Waals surface area contributed by atoms with Crippen molar-refractivity contribution >= 4 is 11.6 Å². The molecule has 0 unspecified atom stereocenters. The Morgan fingerprint density at radius 3 is 2.17 bits per heavy atom. The Labute approximate surface area is 143 Å². The van der Waals surface area contributed by atoms with Crippen LogP contribution >= 0.6 is 0 Å². The minimum atomic E-state index is 0.0496. The molecule has 2 aromatic rings. The molecule has 1 aliphatic heterocycles. The lowest BCUT2D eigenvalue weighted by atomic mass is 10.1. The van der Waals surface area contributed by atoms with E-state index >= 15 is 0 Å². The van der Waals surface area contributed by atoms with Gasteiger partial charge in [0, 0.05) is 31.9 Å². The van der Waals surface area contributed by atoms with Crippen LogP contribution in [0.2, 0.25) is 0 Å². The number of piperazine rings is 1. The number of benzene rings is 2. The third-order valence-electron chi connectivity index (χ3n) is 4.66. The minimum Gasteiger partial charge on any atom is -0.496 e. The number of aryl methyl sites for hydroxylation is 2.